The number of carboxylic acid groups (broad SMARTS) is 1. The molecule has 1 fully saturated rings. The summed E-state index contributed by atoms with van der Waals surface area (Å²) < 4.78 is -1.63. The fraction of sp³-hybridized carbons (Fsp3) is 0.364. The predicted molar refractivity (Wildman–Crippen MR) is 70.9 cm³/mol. The van der Waals surface area contributed by atoms with E-state index in [0.29, 0.717) is 5.56 Å². The number of nitro groups is 1. The van der Waals surface area contributed by atoms with E-state index in [9.17, 15) is 14.9 Å². The van der Waals surface area contributed by atoms with Gasteiger partial charge in [-0.1, -0.05) is 41.4 Å². The van der Waals surface area contributed by atoms with Crippen LogP contribution in [0, 0.1) is 16.0 Å². The molecule has 1 aliphatic rings. The summed E-state index contributed by atoms with van der Waals surface area (Å²) in [6, 6.07) is 6.00. The van der Waals surface area contributed by atoms with Crippen LogP contribution in [0.25, 0.3) is 0 Å². The van der Waals surface area contributed by atoms with E-state index in [0.717, 1.165) is 0 Å². The van der Waals surface area contributed by atoms with E-state index in [1.54, 1.807) is 6.07 Å². The molecule has 8 heteroatoms. The van der Waals surface area contributed by atoms with Gasteiger partial charge in [-0.05, 0) is 6.42 Å². The van der Waals surface area contributed by atoms with Gasteiger partial charge >= 0.3 is 5.97 Å². The summed E-state index contributed by atoms with van der Waals surface area (Å²) in [4.78, 5) is 19.6. The average Bonchev–Trinajstić information content (AvgIpc) is 2.76. The molecule has 1 saturated carbocycles. The van der Waals surface area contributed by atoms with Crippen LogP contribution < -0.4 is 0 Å². The van der Waals surface area contributed by atoms with Crippen LogP contribution in [0.5, 0.6) is 0 Å². The summed E-state index contributed by atoms with van der Waals surface area (Å²) in [6.07, 6.45) is 0.0277. The van der Waals surface area contributed by atoms with Crippen molar-refractivity contribution in [2.24, 2.45) is 5.92 Å². The van der Waals surface area contributed by atoms with Gasteiger partial charge in [0.1, 0.15) is 0 Å². The molecule has 1 N–H and O–H groups in total. The second-order valence-corrected chi connectivity index (χ2v) is 6.26. The Balaban J connectivity index is 2.30. The number of alkyl halides is 3. The topological polar surface area (TPSA) is 80.4 Å². The fourth-order valence-corrected chi connectivity index (χ4v) is 3.31. The summed E-state index contributed by atoms with van der Waals surface area (Å²) in [6.45, 7) is 0. The number of aliphatic carboxylic acids is 1. The number of carboxylic acids is 1. The molecule has 0 spiro atoms. The largest absolute Gasteiger partial charge is 0.480 e. The molecule has 0 aliphatic heterocycles. The van der Waals surface area contributed by atoms with Crippen molar-refractivity contribution in [1.29, 1.82) is 0 Å². The number of halogens is 3. The Labute approximate surface area is 123 Å². The Bertz CT molecular complexity index is 563. The first kappa shape index (κ1) is 14.4. The van der Waals surface area contributed by atoms with Crippen molar-refractivity contribution in [3.05, 3.63) is 39.9 Å². The summed E-state index contributed by atoms with van der Waals surface area (Å²) in [5.41, 5.74) is 0.245. The smallest absolute Gasteiger partial charge is 0.328 e. The second-order valence-electron chi connectivity index (χ2n) is 4.28. The van der Waals surface area contributed by atoms with E-state index >= 15 is 0 Å². The second kappa shape index (κ2) is 4.51. The van der Waals surface area contributed by atoms with Crippen molar-refractivity contribution in [2.45, 2.75) is 15.6 Å². The molecule has 0 saturated heterocycles. The third kappa shape index (κ3) is 2.06. The van der Waals surface area contributed by atoms with Gasteiger partial charge in [-0.15, -0.1) is 11.6 Å². The van der Waals surface area contributed by atoms with Gasteiger partial charge in [-0.3, -0.25) is 14.9 Å². The highest BCUT2D eigenvalue weighted by atomic mass is 35.5. The molecule has 0 bridgehead atoms. The van der Waals surface area contributed by atoms with Gasteiger partial charge < -0.3 is 5.11 Å². The molecule has 2 rings (SSSR count). The van der Waals surface area contributed by atoms with Crippen molar-refractivity contribution < 1.29 is 14.8 Å². The van der Waals surface area contributed by atoms with Crippen molar-refractivity contribution in [3.63, 3.8) is 0 Å². The van der Waals surface area contributed by atoms with E-state index in [4.69, 9.17) is 39.9 Å². The van der Waals surface area contributed by atoms with Crippen LogP contribution in [0.3, 0.4) is 0 Å². The standard InChI is InChI=1S/C11H8Cl3NO4/c12-10(9(16)17)8(11(10,13)14)5-6-3-1-2-4-7(6)15(18)19/h1-4,8H,5H2,(H,16,17). The van der Waals surface area contributed by atoms with E-state index < -0.39 is 26.0 Å². The number of nitrogens with zero attached hydrogens (tertiary/aromatic N) is 1. The minimum atomic E-state index is -1.81. The predicted octanol–water partition coefficient (Wildman–Crippen LogP) is 3.00. The Morgan fingerprint density at radius 1 is 1.37 bits per heavy atom. The van der Waals surface area contributed by atoms with Gasteiger partial charge in [-0.2, -0.15) is 0 Å². The molecule has 19 heavy (non-hydrogen) atoms. The normalized spacial score (nSPS) is 27.8. The SMILES string of the molecule is O=C(O)C1(Cl)C(Cc2ccccc2[N+](=O)[O-])C1(Cl)Cl. The molecule has 1 aromatic rings. The first-order chi connectivity index (χ1) is 8.73. The third-order valence-corrected chi connectivity index (χ3v) is 5.28. The molecule has 1 aliphatic carbocycles. The van der Waals surface area contributed by atoms with Crippen LogP contribution in [0.2, 0.25) is 0 Å². The minimum absolute atomic E-state index is 0.0277. The number of carbonyl (C=O) groups is 1. The minimum Gasteiger partial charge on any atom is -0.480 e. The summed E-state index contributed by atoms with van der Waals surface area (Å²) in [5, 5.41) is 19.9. The quantitative estimate of drug-likeness (QED) is 0.524. The van der Waals surface area contributed by atoms with Gasteiger partial charge in [0.25, 0.3) is 5.69 Å². The molecule has 2 unspecified atom stereocenters. The average molecular weight is 325 g/mol. The Hall–Kier alpha value is -1.04. The summed E-state index contributed by atoms with van der Waals surface area (Å²) >= 11 is 17.6. The molecule has 1 aromatic carbocycles. The maximum Gasteiger partial charge on any atom is 0.328 e. The highest BCUT2D eigenvalue weighted by molar-refractivity contribution is 6.62. The lowest BCUT2D eigenvalue weighted by molar-refractivity contribution is -0.385. The number of hydrogen-bond acceptors (Lipinski definition) is 3. The Morgan fingerprint density at radius 3 is 2.42 bits per heavy atom. The molecule has 0 aromatic heterocycles. The zero-order chi connectivity index (χ0) is 14.4. The van der Waals surface area contributed by atoms with Crippen LogP contribution in [-0.2, 0) is 11.2 Å². The Morgan fingerprint density at radius 2 is 1.95 bits per heavy atom. The lowest BCUT2D eigenvalue weighted by Gasteiger charge is -2.03. The van der Waals surface area contributed by atoms with Gasteiger partial charge in [-0.25, -0.2) is 0 Å². The van der Waals surface area contributed by atoms with Crippen LogP contribution in [0.4, 0.5) is 5.69 Å². The van der Waals surface area contributed by atoms with Crippen LogP contribution >= 0.6 is 34.8 Å². The molecular formula is C11H8Cl3NO4. The lowest BCUT2D eigenvalue weighted by Crippen LogP contribution is -2.22. The van der Waals surface area contributed by atoms with E-state index in [1.807, 2.05) is 0 Å². The van der Waals surface area contributed by atoms with Gasteiger partial charge in [0.05, 0.1) is 4.92 Å². The van der Waals surface area contributed by atoms with Crippen molar-refractivity contribution in [3.8, 4) is 0 Å². The maximum atomic E-state index is 11.1. The van der Waals surface area contributed by atoms with E-state index in [1.165, 1.54) is 18.2 Å². The summed E-state index contributed by atoms with van der Waals surface area (Å²) in [7, 11) is 0. The highest BCUT2D eigenvalue weighted by Crippen LogP contribution is 2.67. The first-order valence-corrected chi connectivity index (χ1v) is 6.38. The molecule has 2 atom stereocenters. The molecule has 102 valence electrons. The number of hydrogen-bond donors (Lipinski definition) is 1. The monoisotopic (exact) mass is 323 g/mol. The molecule has 0 amide bonds. The van der Waals surface area contributed by atoms with Gasteiger partial charge in [0.2, 0.25) is 0 Å². The molecule has 5 nitrogen and oxygen atoms in total. The number of benzene rings is 1. The number of para-hydroxylation sites is 1. The Kier molecular flexibility index (Phi) is 3.41. The third-order valence-electron chi connectivity index (χ3n) is 3.24. The van der Waals surface area contributed by atoms with Crippen molar-refractivity contribution in [2.75, 3.05) is 0 Å². The maximum absolute atomic E-state index is 11.1. The highest BCUT2D eigenvalue weighted by Gasteiger charge is 2.80. The molecule has 0 radical (unpaired) electrons. The van der Waals surface area contributed by atoms with E-state index in [2.05, 4.69) is 0 Å². The van der Waals surface area contributed by atoms with Crippen LogP contribution in [-0.4, -0.2) is 25.2 Å². The van der Waals surface area contributed by atoms with E-state index in [-0.39, 0.29) is 12.1 Å². The van der Waals surface area contributed by atoms with Gasteiger partial charge in [0.15, 0.2) is 9.21 Å². The summed E-state index contributed by atoms with van der Waals surface area (Å²) in [5.74, 6) is -2.12. The molecule has 0 heterocycles. The van der Waals surface area contributed by atoms with Crippen molar-refractivity contribution in [1.82, 2.24) is 0 Å². The van der Waals surface area contributed by atoms with Crippen LogP contribution in [0.15, 0.2) is 24.3 Å². The molecular weight excluding hydrogens is 316 g/mol. The zero-order valence-electron chi connectivity index (χ0n) is 9.35. The zero-order valence-corrected chi connectivity index (χ0v) is 11.6. The lowest BCUT2D eigenvalue weighted by atomic mass is 10.1. The van der Waals surface area contributed by atoms with Crippen LogP contribution in [0.1, 0.15) is 5.56 Å². The number of nitro benzene ring substituents is 1. The van der Waals surface area contributed by atoms with Gasteiger partial charge in [0, 0.05) is 17.5 Å². The first-order valence-electron chi connectivity index (χ1n) is 5.25. The van der Waals surface area contributed by atoms with Crippen molar-refractivity contribution >= 4 is 46.5 Å². The fourth-order valence-electron chi connectivity index (χ4n) is 2.08. The number of rotatable bonds is 4.